The molecule has 0 aromatic carbocycles. The van der Waals surface area contributed by atoms with E-state index in [0.717, 1.165) is 19.3 Å². The van der Waals surface area contributed by atoms with E-state index in [4.69, 9.17) is 0 Å². The van der Waals surface area contributed by atoms with Crippen molar-refractivity contribution < 1.29 is 10.2 Å². The number of rotatable bonds is 2. The van der Waals surface area contributed by atoms with Gasteiger partial charge in [0, 0.05) is 6.61 Å². The first-order valence-electron chi connectivity index (χ1n) is 7.22. The first-order valence-corrected chi connectivity index (χ1v) is 7.22. The largest absolute Gasteiger partial charge is 0.396 e. The van der Waals surface area contributed by atoms with Crippen molar-refractivity contribution in [3.63, 3.8) is 0 Å². The van der Waals surface area contributed by atoms with Crippen LogP contribution in [0.15, 0.2) is 0 Å². The Morgan fingerprint density at radius 1 is 1.24 bits per heavy atom. The average molecular weight is 240 g/mol. The molecule has 4 atom stereocenters. The lowest BCUT2D eigenvalue weighted by atomic mass is 9.53. The highest BCUT2D eigenvalue weighted by Gasteiger charge is 2.49. The number of fused-ring (bicyclic) bond motifs is 1. The predicted molar refractivity (Wildman–Crippen MR) is 69.7 cm³/mol. The van der Waals surface area contributed by atoms with Crippen molar-refractivity contribution in [3.05, 3.63) is 0 Å². The van der Waals surface area contributed by atoms with Gasteiger partial charge in [-0.1, -0.05) is 19.8 Å². The number of aliphatic hydroxyl groups excluding tert-OH is 1. The molecular weight excluding hydrogens is 212 g/mol. The third-order valence-corrected chi connectivity index (χ3v) is 5.65. The highest BCUT2D eigenvalue weighted by atomic mass is 16.3. The molecule has 2 rings (SSSR count). The molecule has 2 heteroatoms. The standard InChI is InChI=1S/C15H28O2/c1-11-5-4-7-15(10-16)8-6-12(9-13(11)15)14(2,3)17/h11-13,16-17H,4-10H2,1-3H3. The molecule has 0 saturated heterocycles. The minimum absolute atomic E-state index is 0.180. The second-order valence-electron chi connectivity index (χ2n) is 7.12. The monoisotopic (exact) mass is 240 g/mol. The Balaban J connectivity index is 2.16. The Bertz CT molecular complexity index is 269. The molecule has 0 aliphatic heterocycles. The number of hydrogen-bond donors (Lipinski definition) is 2. The van der Waals surface area contributed by atoms with Crippen LogP contribution in [0.5, 0.6) is 0 Å². The maximum absolute atomic E-state index is 10.2. The molecule has 4 unspecified atom stereocenters. The van der Waals surface area contributed by atoms with E-state index >= 15 is 0 Å². The summed E-state index contributed by atoms with van der Waals surface area (Å²) in [5.74, 6) is 1.74. The molecule has 2 aliphatic rings. The fourth-order valence-electron chi connectivity index (χ4n) is 4.36. The van der Waals surface area contributed by atoms with Gasteiger partial charge in [-0.3, -0.25) is 0 Å². The van der Waals surface area contributed by atoms with Crippen LogP contribution in [-0.2, 0) is 0 Å². The van der Waals surface area contributed by atoms with Crippen LogP contribution >= 0.6 is 0 Å². The molecule has 0 aromatic heterocycles. The summed E-state index contributed by atoms with van der Waals surface area (Å²) in [6.45, 7) is 6.57. The molecule has 0 heterocycles. The quantitative estimate of drug-likeness (QED) is 0.779. The topological polar surface area (TPSA) is 40.5 Å². The molecule has 2 nitrogen and oxygen atoms in total. The summed E-state index contributed by atoms with van der Waals surface area (Å²) >= 11 is 0. The highest BCUT2D eigenvalue weighted by Crippen LogP contribution is 2.55. The van der Waals surface area contributed by atoms with E-state index in [1.165, 1.54) is 19.3 Å². The molecule has 0 spiro atoms. The van der Waals surface area contributed by atoms with Gasteiger partial charge >= 0.3 is 0 Å². The summed E-state index contributed by atoms with van der Waals surface area (Å²) in [5.41, 5.74) is -0.377. The van der Waals surface area contributed by atoms with Crippen LogP contribution in [0, 0.1) is 23.2 Å². The normalized spacial score (nSPS) is 43.2. The second kappa shape index (κ2) is 4.55. The molecule has 0 radical (unpaired) electrons. The first kappa shape index (κ1) is 13.4. The second-order valence-corrected chi connectivity index (χ2v) is 7.12. The Labute approximate surface area is 105 Å². The van der Waals surface area contributed by atoms with Crippen LogP contribution in [0.2, 0.25) is 0 Å². The Hall–Kier alpha value is -0.0800. The van der Waals surface area contributed by atoms with E-state index in [1.54, 1.807) is 0 Å². The van der Waals surface area contributed by atoms with Gasteiger partial charge in [0.05, 0.1) is 5.60 Å². The molecular formula is C15H28O2. The van der Waals surface area contributed by atoms with Crippen molar-refractivity contribution >= 4 is 0 Å². The molecule has 2 aliphatic carbocycles. The maximum atomic E-state index is 10.2. The van der Waals surface area contributed by atoms with Gasteiger partial charge in [0.2, 0.25) is 0 Å². The summed E-state index contributed by atoms with van der Waals surface area (Å²) in [6.07, 6.45) is 7.04. The van der Waals surface area contributed by atoms with E-state index in [1.807, 2.05) is 13.8 Å². The smallest absolute Gasteiger partial charge is 0.0619 e. The summed E-state index contributed by atoms with van der Waals surface area (Å²) in [7, 11) is 0. The van der Waals surface area contributed by atoms with Gasteiger partial charge in [-0.15, -0.1) is 0 Å². The van der Waals surface area contributed by atoms with Gasteiger partial charge in [0.25, 0.3) is 0 Å². The molecule has 0 bridgehead atoms. The van der Waals surface area contributed by atoms with Crippen molar-refractivity contribution in [3.8, 4) is 0 Å². The summed E-state index contributed by atoms with van der Waals surface area (Å²) < 4.78 is 0. The lowest BCUT2D eigenvalue weighted by Gasteiger charge is -2.53. The maximum Gasteiger partial charge on any atom is 0.0619 e. The van der Waals surface area contributed by atoms with Crippen LogP contribution < -0.4 is 0 Å². The minimum atomic E-state index is -0.557. The first-order chi connectivity index (χ1) is 7.89. The van der Waals surface area contributed by atoms with Crippen molar-refractivity contribution in [2.75, 3.05) is 6.61 Å². The van der Waals surface area contributed by atoms with Gasteiger partial charge in [0.1, 0.15) is 0 Å². The van der Waals surface area contributed by atoms with E-state index in [0.29, 0.717) is 24.4 Å². The molecule has 2 fully saturated rings. The van der Waals surface area contributed by atoms with Crippen LogP contribution in [0.1, 0.15) is 59.3 Å². The molecule has 0 amide bonds. The lowest BCUT2D eigenvalue weighted by molar-refractivity contribution is -0.0949. The summed E-state index contributed by atoms with van der Waals surface area (Å²) in [4.78, 5) is 0. The SMILES string of the molecule is CC1CCCC2(CO)CCC(C(C)(C)O)CC12. The van der Waals surface area contributed by atoms with Gasteiger partial charge in [-0.25, -0.2) is 0 Å². The Kier molecular flexibility index (Phi) is 3.57. The van der Waals surface area contributed by atoms with Crippen LogP contribution in [0.3, 0.4) is 0 Å². The zero-order valence-corrected chi connectivity index (χ0v) is 11.6. The zero-order valence-electron chi connectivity index (χ0n) is 11.6. The predicted octanol–water partition coefficient (Wildman–Crippen LogP) is 2.97. The lowest BCUT2D eigenvalue weighted by Crippen LogP contribution is -2.48. The number of aliphatic hydroxyl groups is 2. The zero-order chi connectivity index (χ0) is 12.7. The molecule has 2 saturated carbocycles. The summed E-state index contributed by atoms with van der Waals surface area (Å²) in [6, 6.07) is 0. The van der Waals surface area contributed by atoms with Gasteiger partial charge in [0.15, 0.2) is 0 Å². The van der Waals surface area contributed by atoms with E-state index in [9.17, 15) is 10.2 Å². The van der Waals surface area contributed by atoms with Crippen molar-refractivity contribution in [1.82, 2.24) is 0 Å². The van der Waals surface area contributed by atoms with E-state index < -0.39 is 5.60 Å². The van der Waals surface area contributed by atoms with Gasteiger partial charge < -0.3 is 10.2 Å². The molecule has 2 N–H and O–H groups in total. The van der Waals surface area contributed by atoms with E-state index in [2.05, 4.69) is 6.92 Å². The van der Waals surface area contributed by atoms with Crippen LogP contribution in [0.4, 0.5) is 0 Å². The molecule has 17 heavy (non-hydrogen) atoms. The fourth-order valence-corrected chi connectivity index (χ4v) is 4.36. The van der Waals surface area contributed by atoms with Crippen molar-refractivity contribution in [2.24, 2.45) is 23.2 Å². The van der Waals surface area contributed by atoms with Gasteiger partial charge in [-0.2, -0.15) is 0 Å². The third-order valence-electron chi connectivity index (χ3n) is 5.65. The Morgan fingerprint density at radius 2 is 1.94 bits per heavy atom. The average Bonchev–Trinajstić information content (AvgIpc) is 2.27. The molecule has 100 valence electrons. The van der Waals surface area contributed by atoms with Gasteiger partial charge in [-0.05, 0) is 62.7 Å². The highest BCUT2D eigenvalue weighted by molar-refractivity contribution is 4.99. The third kappa shape index (κ3) is 2.39. The van der Waals surface area contributed by atoms with Crippen LogP contribution in [-0.4, -0.2) is 22.4 Å². The van der Waals surface area contributed by atoms with Crippen molar-refractivity contribution in [2.45, 2.75) is 64.9 Å². The fraction of sp³-hybridized carbons (Fsp3) is 1.00. The van der Waals surface area contributed by atoms with E-state index in [-0.39, 0.29) is 5.41 Å². The van der Waals surface area contributed by atoms with Crippen molar-refractivity contribution in [1.29, 1.82) is 0 Å². The number of hydrogen-bond acceptors (Lipinski definition) is 2. The minimum Gasteiger partial charge on any atom is -0.396 e. The molecule has 0 aromatic rings. The summed E-state index contributed by atoms with van der Waals surface area (Å²) in [5, 5.41) is 20.0. The Morgan fingerprint density at radius 3 is 2.53 bits per heavy atom. The van der Waals surface area contributed by atoms with Crippen LogP contribution in [0.25, 0.3) is 0 Å².